The molecule has 0 aliphatic carbocycles. The van der Waals surface area contributed by atoms with Gasteiger partial charge in [0.2, 0.25) is 0 Å². The van der Waals surface area contributed by atoms with Gasteiger partial charge in [-0.3, -0.25) is 4.57 Å². The van der Waals surface area contributed by atoms with Crippen LogP contribution in [0.1, 0.15) is 20.3 Å². The van der Waals surface area contributed by atoms with Crippen LogP contribution in [0, 0.1) is 0 Å². The minimum Gasteiger partial charge on any atom is -0.333 e. The first-order valence-electron chi connectivity index (χ1n) is 3.19. The zero-order chi connectivity index (χ0) is 7.33. The summed E-state index contributed by atoms with van der Waals surface area (Å²) in [5.41, 5.74) is 0. The van der Waals surface area contributed by atoms with Gasteiger partial charge in [-0.1, -0.05) is 13.8 Å². The van der Waals surface area contributed by atoms with Gasteiger partial charge in [0.05, 0.1) is 0 Å². The number of hydrogen-bond donors (Lipinski definition) is 2. The third-order valence-corrected chi connectivity index (χ3v) is 2.61. The lowest BCUT2D eigenvalue weighted by Crippen LogP contribution is -2.11. The molecule has 0 aromatic rings. The molecule has 0 aromatic heterocycles. The van der Waals surface area contributed by atoms with E-state index in [0.29, 0.717) is 12.7 Å². The van der Waals surface area contributed by atoms with E-state index in [0.717, 1.165) is 6.42 Å². The molecule has 0 spiro atoms. The van der Waals surface area contributed by atoms with E-state index in [9.17, 15) is 4.57 Å². The van der Waals surface area contributed by atoms with Crippen molar-refractivity contribution in [2.45, 2.75) is 20.3 Å². The van der Waals surface area contributed by atoms with Crippen LogP contribution in [-0.4, -0.2) is 17.6 Å². The Morgan fingerprint density at radius 1 is 1.56 bits per heavy atom. The summed E-state index contributed by atoms with van der Waals surface area (Å²) in [5.74, 6) is 0. The summed E-state index contributed by atoms with van der Waals surface area (Å²) in [5, 5.41) is 2.57. The molecule has 1 unspecified atom stereocenters. The second-order valence-corrected chi connectivity index (χ2v) is 4.28. The molecule has 9 heavy (non-hydrogen) atoms. The summed E-state index contributed by atoms with van der Waals surface area (Å²) < 4.78 is 10.8. The Labute approximate surface area is 56.0 Å². The highest BCUT2D eigenvalue weighted by atomic mass is 31.2. The van der Waals surface area contributed by atoms with Crippen LogP contribution in [0.15, 0.2) is 0 Å². The number of hydrogen-bond acceptors (Lipinski definition) is 1. The SMILES string of the molecule is CCCNP(=O)(O)CC. The fourth-order valence-electron chi connectivity index (χ4n) is 0.398. The average Bonchev–Trinajstić information content (AvgIpc) is 1.84. The van der Waals surface area contributed by atoms with E-state index in [2.05, 4.69) is 5.09 Å². The van der Waals surface area contributed by atoms with Crippen molar-refractivity contribution >= 4 is 7.52 Å². The monoisotopic (exact) mass is 151 g/mol. The van der Waals surface area contributed by atoms with Gasteiger partial charge < -0.3 is 4.89 Å². The van der Waals surface area contributed by atoms with Crippen molar-refractivity contribution in [3.8, 4) is 0 Å². The van der Waals surface area contributed by atoms with E-state index < -0.39 is 7.52 Å². The van der Waals surface area contributed by atoms with Gasteiger partial charge in [0, 0.05) is 12.7 Å². The summed E-state index contributed by atoms with van der Waals surface area (Å²) in [6, 6.07) is 0. The fraction of sp³-hybridized carbons (Fsp3) is 1.00. The summed E-state index contributed by atoms with van der Waals surface area (Å²) in [7, 11) is -2.94. The summed E-state index contributed by atoms with van der Waals surface area (Å²) >= 11 is 0. The second-order valence-electron chi connectivity index (χ2n) is 1.93. The van der Waals surface area contributed by atoms with Crippen LogP contribution in [0.5, 0.6) is 0 Å². The third kappa shape index (κ3) is 4.64. The van der Waals surface area contributed by atoms with Crippen LogP contribution in [0.4, 0.5) is 0 Å². The molecule has 4 heteroatoms. The van der Waals surface area contributed by atoms with Crippen LogP contribution in [0.3, 0.4) is 0 Å². The highest BCUT2D eigenvalue weighted by Gasteiger charge is 2.11. The molecule has 0 saturated carbocycles. The number of nitrogens with one attached hydrogen (secondary N) is 1. The van der Waals surface area contributed by atoms with Crippen molar-refractivity contribution in [2.75, 3.05) is 12.7 Å². The Hall–Kier alpha value is 0.150. The van der Waals surface area contributed by atoms with Gasteiger partial charge in [0.15, 0.2) is 0 Å². The first-order chi connectivity index (χ1) is 4.12. The molecule has 0 aliphatic rings. The Morgan fingerprint density at radius 3 is 2.44 bits per heavy atom. The lowest BCUT2D eigenvalue weighted by molar-refractivity contribution is 0.464. The molecule has 1 atom stereocenters. The first kappa shape index (κ1) is 9.15. The maximum atomic E-state index is 10.8. The quantitative estimate of drug-likeness (QED) is 0.593. The molecule has 3 nitrogen and oxygen atoms in total. The molecular weight excluding hydrogens is 137 g/mol. The van der Waals surface area contributed by atoms with Gasteiger partial charge in [-0.15, -0.1) is 0 Å². The zero-order valence-corrected chi connectivity index (χ0v) is 6.82. The lowest BCUT2D eigenvalue weighted by Gasteiger charge is -2.08. The molecule has 56 valence electrons. The highest BCUT2D eigenvalue weighted by Crippen LogP contribution is 2.33. The van der Waals surface area contributed by atoms with Crippen LogP contribution in [-0.2, 0) is 4.57 Å². The van der Waals surface area contributed by atoms with E-state index in [4.69, 9.17) is 4.89 Å². The van der Waals surface area contributed by atoms with Crippen LogP contribution in [0.2, 0.25) is 0 Å². The molecule has 2 N–H and O–H groups in total. The van der Waals surface area contributed by atoms with Crippen molar-refractivity contribution < 1.29 is 9.46 Å². The molecule has 0 aliphatic heterocycles. The smallest absolute Gasteiger partial charge is 0.266 e. The Balaban J connectivity index is 3.46. The lowest BCUT2D eigenvalue weighted by atomic mass is 10.5. The molecule has 0 rings (SSSR count). The van der Waals surface area contributed by atoms with Gasteiger partial charge >= 0.3 is 0 Å². The fourth-order valence-corrected chi connectivity index (χ4v) is 1.19. The Morgan fingerprint density at radius 2 is 2.11 bits per heavy atom. The second kappa shape index (κ2) is 4.04. The molecule has 0 saturated heterocycles. The predicted octanol–water partition coefficient (Wildman–Crippen LogP) is 1.19. The molecule has 0 fully saturated rings. The van der Waals surface area contributed by atoms with Crippen molar-refractivity contribution in [3.63, 3.8) is 0 Å². The summed E-state index contributed by atoms with van der Waals surface area (Å²) in [6.45, 7) is 4.29. The van der Waals surface area contributed by atoms with E-state index in [1.54, 1.807) is 6.92 Å². The minimum absolute atomic E-state index is 0.312. The van der Waals surface area contributed by atoms with Gasteiger partial charge in [0.25, 0.3) is 7.52 Å². The van der Waals surface area contributed by atoms with Gasteiger partial charge in [0.1, 0.15) is 0 Å². The first-order valence-corrected chi connectivity index (χ1v) is 5.03. The summed E-state index contributed by atoms with van der Waals surface area (Å²) in [6.07, 6.45) is 1.21. The van der Waals surface area contributed by atoms with Crippen molar-refractivity contribution in [3.05, 3.63) is 0 Å². The molecule has 0 aromatic carbocycles. The van der Waals surface area contributed by atoms with Gasteiger partial charge in [-0.05, 0) is 6.42 Å². The topological polar surface area (TPSA) is 49.3 Å². The van der Waals surface area contributed by atoms with E-state index in [1.165, 1.54) is 0 Å². The minimum atomic E-state index is -2.94. The van der Waals surface area contributed by atoms with Gasteiger partial charge in [-0.25, -0.2) is 5.09 Å². The predicted molar refractivity (Wildman–Crippen MR) is 38.7 cm³/mol. The molecule has 0 radical (unpaired) electrons. The summed E-state index contributed by atoms with van der Waals surface area (Å²) in [4.78, 5) is 8.90. The third-order valence-electron chi connectivity index (χ3n) is 1.04. The van der Waals surface area contributed by atoms with Crippen molar-refractivity contribution in [1.82, 2.24) is 5.09 Å². The largest absolute Gasteiger partial charge is 0.333 e. The Bertz CT molecular complexity index is 116. The van der Waals surface area contributed by atoms with Crippen LogP contribution in [0.25, 0.3) is 0 Å². The maximum Gasteiger partial charge on any atom is 0.266 e. The average molecular weight is 151 g/mol. The van der Waals surface area contributed by atoms with E-state index >= 15 is 0 Å². The normalized spacial score (nSPS) is 17.2. The molecule has 0 amide bonds. The molecular formula is C5H14NO2P. The van der Waals surface area contributed by atoms with E-state index in [1.807, 2.05) is 6.92 Å². The number of rotatable bonds is 4. The van der Waals surface area contributed by atoms with Crippen LogP contribution >= 0.6 is 7.52 Å². The Kier molecular flexibility index (Phi) is 4.11. The molecule has 0 heterocycles. The van der Waals surface area contributed by atoms with E-state index in [-0.39, 0.29) is 0 Å². The van der Waals surface area contributed by atoms with Crippen LogP contribution < -0.4 is 5.09 Å². The maximum absolute atomic E-state index is 10.8. The van der Waals surface area contributed by atoms with Crippen molar-refractivity contribution in [1.29, 1.82) is 0 Å². The standard InChI is InChI=1S/C5H14NO2P/c1-3-5-6-9(7,8)4-2/h3-5H2,1-2H3,(H2,6,7,8). The zero-order valence-electron chi connectivity index (χ0n) is 5.92. The highest BCUT2D eigenvalue weighted by molar-refractivity contribution is 7.55. The molecule has 0 bridgehead atoms. The van der Waals surface area contributed by atoms with Gasteiger partial charge in [-0.2, -0.15) is 0 Å². The van der Waals surface area contributed by atoms with Crippen molar-refractivity contribution in [2.24, 2.45) is 0 Å².